The van der Waals surface area contributed by atoms with Crippen molar-refractivity contribution in [2.45, 2.75) is 12.8 Å². The highest BCUT2D eigenvalue weighted by Crippen LogP contribution is 2.01. The topological polar surface area (TPSA) is 73.3 Å². The summed E-state index contributed by atoms with van der Waals surface area (Å²) in [6.07, 6.45) is 4.43. The first kappa shape index (κ1) is 15.8. The predicted octanol–water partition coefficient (Wildman–Crippen LogP) is 1.30. The Bertz CT molecular complexity index is 373. The minimum atomic E-state index is -0.246. The zero-order valence-corrected chi connectivity index (χ0v) is 11.7. The quantitative estimate of drug-likeness (QED) is 0.693. The van der Waals surface area contributed by atoms with Gasteiger partial charge in [0.05, 0.1) is 25.6 Å². The maximum absolute atomic E-state index is 11.6. The van der Waals surface area contributed by atoms with Gasteiger partial charge in [0.15, 0.2) is 0 Å². The Balaban J connectivity index is 2.06. The van der Waals surface area contributed by atoms with E-state index < -0.39 is 0 Å². The SMILES string of the molecule is COCCOCCCCNC(=O)c1cnc(Cl)cn1. The lowest BCUT2D eigenvalue weighted by atomic mass is 10.3. The normalized spacial score (nSPS) is 10.4. The molecule has 0 aliphatic heterocycles. The lowest BCUT2D eigenvalue weighted by Gasteiger charge is -2.05. The van der Waals surface area contributed by atoms with Gasteiger partial charge in [-0.1, -0.05) is 11.6 Å². The molecule has 0 fully saturated rings. The number of methoxy groups -OCH3 is 1. The molecule has 0 unspecified atom stereocenters. The molecule has 0 saturated heterocycles. The Morgan fingerprint density at radius 3 is 2.79 bits per heavy atom. The molecule has 0 bridgehead atoms. The van der Waals surface area contributed by atoms with Gasteiger partial charge < -0.3 is 14.8 Å². The largest absolute Gasteiger partial charge is 0.382 e. The maximum atomic E-state index is 11.6. The lowest BCUT2D eigenvalue weighted by Crippen LogP contribution is -2.25. The third-order valence-electron chi connectivity index (χ3n) is 2.29. The molecule has 0 aliphatic carbocycles. The summed E-state index contributed by atoms with van der Waals surface area (Å²) >= 11 is 5.59. The number of nitrogens with one attached hydrogen (secondary N) is 1. The number of unbranched alkanes of at least 4 members (excludes halogenated alkanes) is 1. The van der Waals surface area contributed by atoms with Gasteiger partial charge in [-0.25, -0.2) is 9.97 Å². The van der Waals surface area contributed by atoms with E-state index in [4.69, 9.17) is 21.1 Å². The fraction of sp³-hybridized carbons (Fsp3) is 0.583. The molecule has 0 aromatic carbocycles. The van der Waals surface area contributed by atoms with Gasteiger partial charge >= 0.3 is 0 Å². The Morgan fingerprint density at radius 1 is 1.26 bits per heavy atom. The number of ether oxygens (including phenoxy) is 2. The van der Waals surface area contributed by atoms with Crippen LogP contribution >= 0.6 is 11.6 Å². The van der Waals surface area contributed by atoms with Gasteiger partial charge in [0.2, 0.25) is 0 Å². The molecule has 0 spiro atoms. The van der Waals surface area contributed by atoms with Crippen LogP contribution in [0.4, 0.5) is 0 Å². The summed E-state index contributed by atoms with van der Waals surface area (Å²) < 4.78 is 10.2. The number of aromatic nitrogens is 2. The fourth-order valence-electron chi connectivity index (χ4n) is 1.30. The molecule has 1 heterocycles. The summed E-state index contributed by atoms with van der Waals surface area (Å²) in [6.45, 7) is 2.45. The van der Waals surface area contributed by atoms with Gasteiger partial charge in [0.25, 0.3) is 5.91 Å². The average Bonchev–Trinajstić information content (AvgIpc) is 2.42. The first-order chi connectivity index (χ1) is 9.24. The van der Waals surface area contributed by atoms with Crippen molar-refractivity contribution in [3.63, 3.8) is 0 Å². The Hall–Kier alpha value is -1.24. The summed E-state index contributed by atoms with van der Waals surface area (Å²) in [5, 5.41) is 3.02. The second-order valence-corrected chi connectivity index (χ2v) is 4.18. The highest BCUT2D eigenvalue weighted by atomic mass is 35.5. The van der Waals surface area contributed by atoms with E-state index in [1.165, 1.54) is 12.4 Å². The van der Waals surface area contributed by atoms with Crippen molar-refractivity contribution in [2.75, 3.05) is 33.5 Å². The summed E-state index contributed by atoms with van der Waals surface area (Å²) in [5.41, 5.74) is 0.265. The van der Waals surface area contributed by atoms with Crippen molar-refractivity contribution in [1.82, 2.24) is 15.3 Å². The molecular formula is C12H18ClN3O3. The van der Waals surface area contributed by atoms with Gasteiger partial charge in [-0.05, 0) is 12.8 Å². The van der Waals surface area contributed by atoms with Crippen molar-refractivity contribution in [1.29, 1.82) is 0 Å². The molecule has 0 atom stereocenters. The number of carbonyl (C=O) groups excluding carboxylic acids is 1. The highest BCUT2D eigenvalue weighted by Gasteiger charge is 2.06. The summed E-state index contributed by atoms with van der Waals surface area (Å²) in [5.74, 6) is -0.246. The van der Waals surface area contributed by atoms with Crippen LogP contribution in [0.5, 0.6) is 0 Å². The molecule has 6 nitrogen and oxygen atoms in total. The van der Waals surface area contributed by atoms with E-state index >= 15 is 0 Å². The summed E-state index contributed by atoms with van der Waals surface area (Å²) in [7, 11) is 1.64. The van der Waals surface area contributed by atoms with E-state index in [0.717, 1.165) is 12.8 Å². The van der Waals surface area contributed by atoms with Crippen molar-refractivity contribution >= 4 is 17.5 Å². The van der Waals surface area contributed by atoms with Gasteiger partial charge in [-0.2, -0.15) is 0 Å². The monoisotopic (exact) mass is 287 g/mol. The Labute approximate surface area is 117 Å². The van der Waals surface area contributed by atoms with Crippen LogP contribution in [0, 0.1) is 0 Å². The average molecular weight is 288 g/mol. The Kier molecular flexibility index (Phi) is 8.04. The molecule has 1 N–H and O–H groups in total. The summed E-state index contributed by atoms with van der Waals surface area (Å²) in [4.78, 5) is 19.3. The van der Waals surface area contributed by atoms with E-state index in [-0.39, 0.29) is 16.8 Å². The standard InChI is InChI=1S/C12H18ClN3O3/c1-18-6-7-19-5-3-2-4-14-12(17)10-8-16-11(13)9-15-10/h8-9H,2-7H2,1H3,(H,14,17). The van der Waals surface area contributed by atoms with Gasteiger partial charge in [0, 0.05) is 20.3 Å². The number of carbonyl (C=O) groups is 1. The van der Waals surface area contributed by atoms with E-state index in [9.17, 15) is 4.79 Å². The molecule has 1 amide bonds. The second kappa shape index (κ2) is 9.66. The smallest absolute Gasteiger partial charge is 0.271 e. The molecule has 7 heteroatoms. The molecule has 1 rings (SSSR count). The first-order valence-corrected chi connectivity index (χ1v) is 6.44. The van der Waals surface area contributed by atoms with E-state index in [2.05, 4.69) is 15.3 Å². The number of nitrogens with zero attached hydrogens (tertiary/aromatic N) is 2. The number of rotatable bonds is 9. The van der Waals surface area contributed by atoms with Crippen LogP contribution in [0.25, 0.3) is 0 Å². The van der Waals surface area contributed by atoms with Crippen molar-refractivity contribution in [3.05, 3.63) is 23.2 Å². The third-order valence-corrected chi connectivity index (χ3v) is 2.48. The van der Waals surface area contributed by atoms with Crippen LogP contribution in [0.3, 0.4) is 0 Å². The van der Waals surface area contributed by atoms with Crippen molar-refractivity contribution in [2.24, 2.45) is 0 Å². The summed E-state index contributed by atoms with van der Waals surface area (Å²) in [6, 6.07) is 0. The van der Waals surface area contributed by atoms with Crippen LogP contribution in [0.1, 0.15) is 23.3 Å². The molecule has 0 aliphatic rings. The molecule has 19 heavy (non-hydrogen) atoms. The van der Waals surface area contributed by atoms with Gasteiger partial charge in [0.1, 0.15) is 10.8 Å². The minimum absolute atomic E-state index is 0.246. The number of halogens is 1. The van der Waals surface area contributed by atoms with E-state index in [1.807, 2.05) is 0 Å². The fourth-order valence-corrected chi connectivity index (χ4v) is 1.39. The Morgan fingerprint density at radius 2 is 2.11 bits per heavy atom. The van der Waals surface area contributed by atoms with Crippen LogP contribution in [-0.2, 0) is 9.47 Å². The zero-order valence-electron chi connectivity index (χ0n) is 10.9. The zero-order chi connectivity index (χ0) is 13.9. The highest BCUT2D eigenvalue weighted by molar-refractivity contribution is 6.29. The van der Waals surface area contributed by atoms with Gasteiger partial charge in [-0.15, -0.1) is 0 Å². The van der Waals surface area contributed by atoms with Crippen molar-refractivity contribution < 1.29 is 14.3 Å². The number of amides is 1. The molecule has 0 radical (unpaired) electrons. The van der Waals surface area contributed by atoms with Crippen molar-refractivity contribution in [3.8, 4) is 0 Å². The predicted molar refractivity (Wildman–Crippen MR) is 71.3 cm³/mol. The third kappa shape index (κ3) is 7.05. The maximum Gasteiger partial charge on any atom is 0.271 e. The van der Waals surface area contributed by atoms with Crippen LogP contribution in [0.2, 0.25) is 5.15 Å². The first-order valence-electron chi connectivity index (χ1n) is 6.06. The minimum Gasteiger partial charge on any atom is -0.382 e. The number of hydrogen-bond donors (Lipinski definition) is 1. The lowest BCUT2D eigenvalue weighted by molar-refractivity contribution is 0.0686. The molecule has 106 valence electrons. The van der Waals surface area contributed by atoms with E-state index in [1.54, 1.807) is 7.11 Å². The second-order valence-electron chi connectivity index (χ2n) is 3.79. The van der Waals surface area contributed by atoms with E-state index in [0.29, 0.717) is 26.4 Å². The molecule has 1 aromatic rings. The molecular weight excluding hydrogens is 270 g/mol. The molecule has 0 saturated carbocycles. The van der Waals surface area contributed by atoms with Gasteiger partial charge in [-0.3, -0.25) is 4.79 Å². The van der Waals surface area contributed by atoms with Crippen LogP contribution in [0.15, 0.2) is 12.4 Å². The van der Waals surface area contributed by atoms with Crippen LogP contribution in [-0.4, -0.2) is 49.4 Å². The number of hydrogen-bond acceptors (Lipinski definition) is 5. The van der Waals surface area contributed by atoms with Crippen LogP contribution < -0.4 is 5.32 Å². The molecule has 1 aromatic heterocycles.